The van der Waals surface area contributed by atoms with E-state index in [1.807, 2.05) is 31.2 Å². The molecular weight excluding hydrogens is 386 g/mol. The highest BCUT2D eigenvalue weighted by Crippen LogP contribution is 2.41. The Balaban J connectivity index is 1.54. The molecule has 3 fully saturated rings. The monoisotopic (exact) mass is 419 g/mol. The number of hydrogen-bond donors (Lipinski definition) is 1. The fourth-order valence-electron chi connectivity index (χ4n) is 5.72. The summed E-state index contributed by atoms with van der Waals surface area (Å²) in [5, 5.41) is 3.00. The van der Waals surface area contributed by atoms with Crippen LogP contribution in [0.4, 0.5) is 0 Å². The quantitative estimate of drug-likeness (QED) is 0.794. The molecule has 0 unspecified atom stereocenters. The molecule has 160 valence electrons. The Morgan fingerprint density at radius 1 is 1.21 bits per heavy atom. The molecule has 6 nitrogen and oxygen atoms in total. The molecule has 1 N–H and O–H groups in total. The lowest BCUT2D eigenvalue weighted by atomic mass is 9.73. The Hall–Kier alpha value is -1.44. The maximum atomic E-state index is 13.3. The Morgan fingerprint density at radius 2 is 2.00 bits per heavy atom. The number of nitrogens with one attached hydrogen (secondary N) is 1. The van der Waals surface area contributed by atoms with Crippen LogP contribution in [0.1, 0.15) is 43.7 Å². The normalized spacial score (nSPS) is 30.6. The highest BCUT2D eigenvalue weighted by Gasteiger charge is 2.48. The molecular formula is C22H33N3O3S. The fourth-order valence-corrected chi connectivity index (χ4v) is 7.35. The average Bonchev–Trinajstić information content (AvgIpc) is 2.67. The topological polar surface area (TPSA) is 69.7 Å². The van der Waals surface area contributed by atoms with Gasteiger partial charge in [-0.15, -0.1) is 0 Å². The van der Waals surface area contributed by atoms with Gasteiger partial charge in [0.15, 0.2) is 0 Å². The lowest BCUT2D eigenvalue weighted by molar-refractivity contribution is -0.120. The summed E-state index contributed by atoms with van der Waals surface area (Å²) in [5.41, 5.74) is 1.94. The third-order valence-electron chi connectivity index (χ3n) is 6.97. The van der Waals surface area contributed by atoms with Crippen LogP contribution in [0.15, 0.2) is 24.3 Å². The molecule has 4 rings (SSSR count). The summed E-state index contributed by atoms with van der Waals surface area (Å²) in [4.78, 5) is 14.1. The minimum Gasteiger partial charge on any atom is -0.355 e. The molecule has 3 aliphatic rings. The van der Waals surface area contributed by atoms with Crippen molar-refractivity contribution in [2.75, 3.05) is 26.2 Å². The largest absolute Gasteiger partial charge is 0.355 e. The molecule has 0 aliphatic carbocycles. The SMILES string of the molecule is CC(=O)NC[C@H]1[C@H]2C[C@H](CN(S(=O)(=O)Cc3cccc(C)c3)C2)[C@@H]2CCCCN21. The summed E-state index contributed by atoms with van der Waals surface area (Å²) >= 11 is 0. The van der Waals surface area contributed by atoms with Crippen molar-refractivity contribution in [1.29, 1.82) is 0 Å². The van der Waals surface area contributed by atoms with Gasteiger partial charge in [-0.1, -0.05) is 36.2 Å². The molecule has 0 saturated carbocycles. The van der Waals surface area contributed by atoms with E-state index in [1.165, 1.54) is 12.8 Å². The van der Waals surface area contributed by atoms with Crippen LogP contribution < -0.4 is 5.32 Å². The summed E-state index contributed by atoms with van der Waals surface area (Å²) in [5.74, 6) is 0.733. The van der Waals surface area contributed by atoms with Crippen molar-refractivity contribution in [3.8, 4) is 0 Å². The lowest BCUT2D eigenvalue weighted by Crippen LogP contribution is -2.66. The van der Waals surface area contributed by atoms with Crippen LogP contribution >= 0.6 is 0 Å². The average molecular weight is 420 g/mol. The second-order valence-corrected chi connectivity index (χ2v) is 11.1. The van der Waals surface area contributed by atoms with E-state index >= 15 is 0 Å². The number of sulfonamides is 1. The number of carbonyl (C=O) groups excluding carboxylic acids is 1. The molecule has 0 radical (unpaired) electrons. The van der Waals surface area contributed by atoms with Gasteiger partial charge >= 0.3 is 0 Å². The highest BCUT2D eigenvalue weighted by atomic mass is 32.2. The maximum absolute atomic E-state index is 13.3. The molecule has 2 bridgehead atoms. The number of hydrogen-bond acceptors (Lipinski definition) is 4. The van der Waals surface area contributed by atoms with Gasteiger partial charge < -0.3 is 5.32 Å². The standard InChI is InChI=1S/C22H33N3O3S/c1-16-6-5-7-18(10-16)15-29(27,28)24-13-19-11-20(14-24)22(12-23-17(2)26)25-9-4-3-8-21(19)25/h5-7,10,19-22H,3-4,8-9,11-15H2,1-2H3,(H,23,26)/t19-,20+,21+,22+/m1/s1. The van der Waals surface area contributed by atoms with Gasteiger partial charge in [-0.3, -0.25) is 9.69 Å². The number of piperidine rings is 3. The van der Waals surface area contributed by atoms with E-state index in [1.54, 1.807) is 11.2 Å². The van der Waals surface area contributed by atoms with Gasteiger partial charge in [0, 0.05) is 38.6 Å². The third-order valence-corrected chi connectivity index (χ3v) is 8.76. The molecule has 3 heterocycles. The van der Waals surface area contributed by atoms with Crippen molar-refractivity contribution in [2.24, 2.45) is 11.8 Å². The van der Waals surface area contributed by atoms with Gasteiger partial charge in [-0.05, 0) is 50.1 Å². The molecule has 29 heavy (non-hydrogen) atoms. The second kappa shape index (κ2) is 8.36. The van der Waals surface area contributed by atoms with E-state index in [-0.39, 0.29) is 23.6 Å². The lowest BCUT2D eigenvalue weighted by Gasteiger charge is -2.56. The van der Waals surface area contributed by atoms with Crippen LogP contribution in [-0.2, 0) is 20.6 Å². The predicted molar refractivity (Wildman–Crippen MR) is 114 cm³/mol. The molecule has 4 atom stereocenters. The first-order valence-electron chi connectivity index (χ1n) is 10.9. The molecule has 7 heteroatoms. The minimum atomic E-state index is -3.36. The number of fused-ring (bicyclic) bond motifs is 4. The molecule has 0 spiro atoms. The first-order valence-corrected chi connectivity index (χ1v) is 12.5. The Kier molecular flexibility index (Phi) is 6.00. The van der Waals surface area contributed by atoms with Gasteiger partial charge in [-0.25, -0.2) is 12.7 Å². The molecule has 0 aromatic heterocycles. The predicted octanol–water partition coefficient (Wildman–Crippen LogP) is 2.14. The number of nitrogens with zero attached hydrogens (tertiary/aromatic N) is 2. The zero-order valence-electron chi connectivity index (χ0n) is 17.5. The van der Waals surface area contributed by atoms with Crippen molar-refractivity contribution in [2.45, 2.75) is 57.4 Å². The number of rotatable bonds is 5. The zero-order chi connectivity index (χ0) is 20.6. The first kappa shape index (κ1) is 20.8. The van der Waals surface area contributed by atoms with Crippen molar-refractivity contribution >= 4 is 15.9 Å². The highest BCUT2D eigenvalue weighted by molar-refractivity contribution is 7.88. The van der Waals surface area contributed by atoms with Gasteiger partial charge in [0.1, 0.15) is 0 Å². The summed E-state index contributed by atoms with van der Waals surface area (Å²) in [7, 11) is -3.36. The van der Waals surface area contributed by atoms with Crippen LogP contribution in [0.25, 0.3) is 0 Å². The minimum absolute atomic E-state index is 0.0135. The smallest absolute Gasteiger partial charge is 0.218 e. The van der Waals surface area contributed by atoms with Crippen molar-refractivity contribution < 1.29 is 13.2 Å². The van der Waals surface area contributed by atoms with E-state index in [4.69, 9.17) is 0 Å². The van der Waals surface area contributed by atoms with Gasteiger partial charge in [0.2, 0.25) is 15.9 Å². The Morgan fingerprint density at radius 3 is 2.76 bits per heavy atom. The third kappa shape index (κ3) is 4.52. The van der Waals surface area contributed by atoms with Gasteiger partial charge in [-0.2, -0.15) is 0 Å². The second-order valence-electron chi connectivity index (χ2n) is 9.12. The summed E-state index contributed by atoms with van der Waals surface area (Å²) in [6, 6.07) is 8.45. The van der Waals surface area contributed by atoms with Crippen LogP contribution in [0, 0.1) is 18.8 Å². The fraction of sp³-hybridized carbons (Fsp3) is 0.682. The molecule has 3 saturated heterocycles. The molecule has 1 aromatic carbocycles. The van der Waals surface area contributed by atoms with E-state index in [2.05, 4.69) is 10.2 Å². The van der Waals surface area contributed by atoms with E-state index in [0.717, 1.165) is 30.5 Å². The van der Waals surface area contributed by atoms with E-state index in [0.29, 0.717) is 31.6 Å². The summed E-state index contributed by atoms with van der Waals surface area (Å²) in [6.07, 6.45) is 4.62. The van der Waals surface area contributed by atoms with Crippen LogP contribution in [0.5, 0.6) is 0 Å². The number of benzene rings is 1. The Labute approximate surface area is 174 Å². The maximum Gasteiger partial charge on any atom is 0.218 e. The summed E-state index contributed by atoms with van der Waals surface area (Å²) in [6.45, 7) is 6.44. The van der Waals surface area contributed by atoms with Crippen LogP contribution in [-0.4, -0.2) is 61.8 Å². The zero-order valence-corrected chi connectivity index (χ0v) is 18.3. The van der Waals surface area contributed by atoms with Crippen molar-refractivity contribution in [1.82, 2.24) is 14.5 Å². The van der Waals surface area contributed by atoms with Gasteiger partial charge in [0.05, 0.1) is 5.75 Å². The van der Waals surface area contributed by atoms with E-state index in [9.17, 15) is 13.2 Å². The van der Waals surface area contributed by atoms with Crippen molar-refractivity contribution in [3.63, 3.8) is 0 Å². The number of aryl methyl sites for hydroxylation is 1. The van der Waals surface area contributed by atoms with Crippen molar-refractivity contribution in [3.05, 3.63) is 35.4 Å². The van der Waals surface area contributed by atoms with Crippen LogP contribution in [0.2, 0.25) is 0 Å². The van der Waals surface area contributed by atoms with Crippen LogP contribution in [0.3, 0.4) is 0 Å². The Bertz CT molecular complexity index is 857. The number of carbonyl (C=O) groups is 1. The molecule has 3 aliphatic heterocycles. The summed E-state index contributed by atoms with van der Waals surface area (Å²) < 4.78 is 28.3. The number of amides is 1. The van der Waals surface area contributed by atoms with E-state index < -0.39 is 10.0 Å². The van der Waals surface area contributed by atoms with Gasteiger partial charge in [0.25, 0.3) is 0 Å². The first-order chi connectivity index (χ1) is 13.8. The molecule has 1 amide bonds. The molecule has 1 aromatic rings.